The molecule has 0 aromatic rings. The summed E-state index contributed by atoms with van der Waals surface area (Å²) in [5.41, 5.74) is 1.34. The molecule has 0 atom stereocenters. The third-order valence-corrected chi connectivity index (χ3v) is 2.93. The van der Waals surface area contributed by atoms with Gasteiger partial charge in [-0.3, -0.25) is 0 Å². The maximum absolute atomic E-state index is 4.18. The molecule has 0 amide bonds. The SMILES string of the molecule is C=C(C(C)C)N1CCCCCCC1. The van der Waals surface area contributed by atoms with Crippen molar-refractivity contribution in [3.05, 3.63) is 12.3 Å². The molecule has 1 aliphatic rings. The van der Waals surface area contributed by atoms with E-state index in [4.69, 9.17) is 0 Å². The number of rotatable bonds is 2. The monoisotopic (exact) mass is 181 g/mol. The Balaban J connectivity index is 2.41. The number of allylic oxidation sites excluding steroid dienone is 1. The Morgan fingerprint density at radius 1 is 1.00 bits per heavy atom. The molecule has 1 fully saturated rings. The van der Waals surface area contributed by atoms with Gasteiger partial charge >= 0.3 is 0 Å². The zero-order valence-corrected chi connectivity index (χ0v) is 9.18. The highest BCUT2D eigenvalue weighted by molar-refractivity contribution is 4.97. The predicted octanol–water partition coefficient (Wildman–Crippen LogP) is 3.42. The number of hydrogen-bond acceptors (Lipinski definition) is 1. The summed E-state index contributed by atoms with van der Waals surface area (Å²) in [6.45, 7) is 11.1. The highest BCUT2D eigenvalue weighted by Gasteiger charge is 2.11. The zero-order valence-electron chi connectivity index (χ0n) is 9.18. The highest BCUT2D eigenvalue weighted by atomic mass is 15.1. The molecule has 1 heterocycles. The van der Waals surface area contributed by atoms with Crippen LogP contribution in [0, 0.1) is 5.92 Å². The Bertz CT molecular complexity index is 153. The van der Waals surface area contributed by atoms with Gasteiger partial charge in [0.2, 0.25) is 0 Å². The van der Waals surface area contributed by atoms with E-state index in [9.17, 15) is 0 Å². The van der Waals surface area contributed by atoms with E-state index in [1.807, 2.05) is 0 Å². The largest absolute Gasteiger partial charge is 0.375 e. The molecule has 0 aromatic carbocycles. The van der Waals surface area contributed by atoms with Gasteiger partial charge in [-0.15, -0.1) is 0 Å². The lowest BCUT2D eigenvalue weighted by molar-refractivity contribution is 0.283. The molecular weight excluding hydrogens is 158 g/mol. The van der Waals surface area contributed by atoms with Crippen molar-refractivity contribution in [2.45, 2.75) is 46.0 Å². The van der Waals surface area contributed by atoms with Crippen molar-refractivity contribution in [1.82, 2.24) is 4.90 Å². The Labute approximate surface area is 82.8 Å². The van der Waals surface area contributed by atoms with E-state index in [0.29, 0.717) is 5.92 Å². The van der Waals surface area contributed by atoms with E-state index in [1.165, 1.54) is 50.9 Å². The van der Waals surface area contributed by atoms with E-state index in [2.05, 4.69) is 25.3 Å². The van der Waals surface area contributed by atoms with Gasteiger partial charge in [0.1, 0.15) is 0 Å². The van der Waals surface area contributed by atoms with Crippen molar-refractivity contribution >= 4 is 0 Å². The molecule has 0 saturated carbocycles. The van der Waals surface area contributed by atoms with Crippen LogP contribution in [-0.4, -0.2) is 18.0 Å². The predicted molar refractivity (Wildman–Crippen MR) is 58.6 cm³/mol. The first kappa shape index (κ1) is 10.6. The van der Waals surface area contributed by atoms with Crippen LogP contribution in [0.25, 0.3) is 0 Å². The van der Waals surface area contributed by atoms with Gasteiger partial charge < -0.3 is 4.90 Å². The molecule has 1 saturated heterocycles. The molecule has 0 aromatic heterocycles. The van der Waals surface area contributed by atoms with Crippen LogP contribution in [0.15, 0.2) is 12.3 Å². The number of hydrogen-bond donors (Lipinski definition) is 0. The summed E-state index contributed by atoms with van der Waals surface area (Å²) in [5.74, 6) is 0.611. The van der Waals surface area contributed by atoms with Gasteiger partial charge in [0.05, 0.1) is 0 Å². The Morgan fingerprint density at radius 3 is 1.92 bits per heavy atom. The minimum atomic E-state index is 0.611. The molecule has 1 aliphatic heterocycles. The summed E-state index contributed by atoms with van der Waals surface area (Å²) in [4.78, 5) is 2.49. The van der Waals surface area contributed by atoms with E-state index in [-0.39, 0.29) is 0 Å². The van der Waals surface area contributed by atoms with Crippen LogP contribution < -0.4 is 0 Å². The summed E-state index contributed by atoms with van der Waals surface area (Å²) in [6, 6.07) is 0. The van der Waals surface area contributed by atoms with Gasteiger partial charge in [-0.1, -0.05) is 39.7 Å². The molecule has 76 valence electrons. The lowest BCUT2D eigenvalue weighted by Crippen LogP contribution is -2.28. The van der Waals surface area contributed by atoms with Crippen molar-refractivity contribution in [1.29, 1.82) is 0 Å². The Hall–Kier alpha value is -0.460. The second-order valence-electron chi connectivity index (χ2n) is 4.40. The highest BCUT2D eigenvalue weighted by Crippen LogP contribution is 2.18. The zero-order chi connectivity index (χ0) is 9.68. The minimum absolute atomic E-state index is 0.611. The van der Waals surface area contributed by atoms with Crippen LogP contribution in [0.5, 0.6) is 0 Å². The molecule has 1 rings (SSSR count). The Kier molecular flexibility index (Phi) is 4.34. The number of likely N-dealkylation sites (tertiary alicyclic amines) is 1. The fraction of sp³-hybridized carbons (Fsp3) is 0.833. The third-order valence-electron chi connectivity index (χ3n) is 2.93. The van der Waals surface area contributed by atoms with E-state index in [1.54, 1.807) is 0 Å². The standard InChI is InChI=1S/C12H23N/c1-11(2)12(3)13-9-7-5-4-6-8-10-13/h11H,3-10H2,1-2H3. The fourth-order valence-corrected chi connectivity index (χ4v) is 1.90. The van der Waals surface area contributed by atoms with Crippen LogP contribution in [-0.2, 0) is 0 Å². The first-order valence-electron chi connectivity index (χ1n) is 5.65. The molecule has 1 nitrogen and oxygen atoms in total. The van der Waals surface area contributed by atoms with Gasteiger partial charge in [-0.25, -0.2) is 0 Å². The normalized spacial score (nSPS) is 19.8. The van der Waals surface area contributed by atoms with Crippen LogP contribution in [0.1, 0.15) is 46.0 Å². The van der Waals surface area contributed by atoms with Crippen LogP contribution >= 0.6 is 0 Å². The van der Waals surface area contributed by atoms with Gasteiger partial charge in [-0.05, 0) is 18.8 Å². The van der Waals surface area contributed by atoms with Gasteiger partial charge in [0.25, 0.3) is 0 Å². The summed E-state index contributed by atoms with van der Waals surface area (Å²) in [7, 11) is 0. The van der Waals surface area contributed by atoms with Crippen molar-refractivity contribution in [3.63, 3.8) is 0 Å². The van der Waals surface area contributed by atoms with Crippen molar-refractivity contribution < 1.29 is 0 Å². The summed E-state index contributed by atoms with van der Waals surface area (Å²) in [5, 5.41) is 0. The number of nitrogens with zero attached hydrogens (tertiary/aromatic N) is 1. The summed E-state index contributed by atoms with van der Waals surface area (Å²) in [6.07, 6.45) is 6.95. The molecular formula is C12H23N. The van der Waals surface area contributed by atoms with Crippen molar-refractivity contribution in [2.75, 3.05) is 13.1 Å². The first-order chi connectivity index (χ1) is 6.22. The summed E-state index contributed by atoms with van der Waals surface area (Å²) >= 11 is 0. The van der Waals surface area contributed by atoms with E-state index < -0.39 is 0 Å². The molecule has 0 radical (unpaired) electrons. The smallest absolute Gasteiger partial charge is 0.0174 e. The van der Waals surface area contributed by atoms with E-state index in [0.717, 1.165) is 0 Å². The second-order valence-corrected chi connectivity index (χ2v) is 4.40. The van der Waals surface area contributed by atoms with Gasteiger partial charge in [0.15, 0.2) is 0 Å². The Morgan fingerprint density at radius 2 is 1.46 bits per heavy atom. The summed E-state index contributed by atoms with van der Waals surface area (Å²) < 4.78 is 0. The van der Waals surface area contributed by atoms with Crippen LogP contribution in [0.2, 0.25) is 0 Å². The molecule has 0 bridgehead atoms. The van der Waals surface area contributed by atoms with Crippen molar-refractivity contribution in [3.8, 4) is 0 Å². The fourth-order valence-electron chi connectivity index (χ4n) is 1.90. The maximum Gasteiger partial charge on any atom is 0.0174 e. The van der Waals surface area contributed by atoms with Crippen LogP contribution in [0.4, 0.5) is 0 Å². The quantitative estimate of drug-likeness (QED) is 0.631. The second kappa shape index (κ2) is 5.31. The average Bonchev–Trinajstić information content (AvgIpc) is 2.02. The third kappa shape index (κ3) is 3.41. The van der Waals surface area contributed by atoms with Gasteiger partial charge in [0, 0.05) is 18.8 Å². The minimum Gasteiger partial charge on any atom is -0.375 e. The lowest BCUT2D eigenvalue weighted by Gasteiger charge is -2.30. The van der Waals surface area contributed by atoms with Crippen molar-refractivity contribution in [2.24, 2.45) is 5.92 Å². The average molecular weight is 181 g/mol. The molecule has 13 heavy (non-hydrogen) atoms. The molecule has 0 spiro atoms. The molecule has 1 heteroatoms. The molecule has 0 aliphatic carbocycles. The topological polar surface area (TPSA) is 3.24 Å². The van der Waals surface area contributed by atoms with Crippen LogP contribution in [0.3, 0.4) is 0 Å². The first-order valence-corrected chi connectivity index (χ1v) is 5.65. The van der Waals surface area contributed by atoms with Gasteiger partial charge in [-0.2, -0.15) is 0 Å². The van der Waals surface area contributed by atoms with E-state index >= 15 is 0 Å². The lowest BCUT2D eigenvalue weighted by atomic mass is 10.1. The maximum atomic E-state index is 4.18. The molecule has 0 N–H and O–H groups in total. The molecule has 0 unspecified atom stereocenters.